The summed E-state index contributed by atoms with van der Waals surface area (Å²) in [5, 5.41) is 10.2. The Kier molecular flexibility index (Phi) is 4.37. The summed E-state index contributed by atoms with van der Waals surface area (Å²) in [4.78, 5) is 10.2. The third-order valence-electron chi connectivity index (χ3n) is 0.933. The fraction of sp³-hybridized carbons (Fsp3) is 0.167. The second-order valence-corrected chi connectivity index (χ2v) is 4.59. The van der Waals surface area contributed by atoms with Crippen molar-refractivity contribution in [2.75, 3.05) is 0 Å². The summed E-state index contributed by atoms with van der Waals surface area (Å²) in [6.07, 6.45) is 5.34. The molecule has 10 heavy (non-hydrogen) atoms. The van der Waals surface area contributed by atoms with Crippen molar-refractivity contribution in [3.63, 3.8) is 0 Å². The second kappa shape index (κ2) is 4.51. The van der Waals surface area contributed by atoms with E-state index in [1.165, 1.54) is 0 Å². The number of quaternary nitrogens is 1. The number of carboxylic acids is 1. The normalized spacial score (nSPS) is 21.8. The zero-order chi connectivity index (χ0) is 6.69. The molecule has 0 amide bonds. The zero-order valence-corrected chi connectivity index (χ0v) is 7.94. The molecule has 3 nitrogen and oxygen atoms in total. The van der Waals surface area contributed by atoms with Gasteiger partial charge in [0.1, 0.15) is 0 Å². The molecule has 0 bridgehead atoms. The van der Waals surface area contributed by atoms with Gasteiger partial charge in [0, 0.05) is 0 Å². The molecule has 56 valence electrons. The number of carbonyl (C=O) groups is 1. The molecular formula is C6H9NO2Te. The molecule has 1 aliphatic rings. The molecule has 0 fully saturated rings. The molecule has 4 heteroatoms. The quantitative estimate of drug-likeness (QED) is 0.652. The molecule has 0 aliphatic carbocycles. The maximum atomic E-state index is 10.2. The molecule has 1 aliphatic heterocycles. The number of carbonyl (C=O) groups excluding carboxylic acids is 1. The molecule has 0 aromatic heterocycles. The van der Waals surface area contributed by atoms with Crippen LogP contribution >= 0.6 is 0 Å². The standard InChI is InChI=1S/C6H6O2Te.H3N/c7-6(8)5-3-1-2-4-9-5;/h1-5H,(H,7,8);1H3. The van der Waals surface area contributed by atoms with Crippen LogP contribution in [0.1, 0.15) is 0 Å². The largest absolute Gasteiger partial charge is 0.369 e. The van der Waals surface area contributed by atoms with Crippen molar-refractivity contribution in [3.8, 4) is 0 Å². The van der Waals surface area contributed by atoms with Gasteiger partial charge in [-0.25, -0.2) is 0 Å². The molecule has 1 heterocycles. The number of rotatable bonds is 1. The van der Waals surface area contributed by atoms with E-state index >= 15 is 0 Å². The molecule has 0 radical (unpaired) electrons. The summed E-state index contributed by atoms with van der Waals surface area (Å²) in [6, 6.07) is 0. The maximum Gasteiger partial charge on any atom is -0.369 e. The predicted molar refractivity (Wildman–Crippen MR) is 38.8 cm³/mol. The Morgan fingerprint density at radius 3 is 2.50 bits per heavy atom. The van der Waals surface area contributed by atoms with E-state index in [0.29, 0.717) is 0 Å². The second-order valence-electron chi connectivity index (χ2n) is 1.59. The molecule has 0 aromatic rings. The first-order valence-electron chi connectivity index (χ1n) is 2.50. The summed E-state index contributed by atoms with van der Waals surface area (Å²) in [6.45, 7) is 0. The van der Waals surface area contributed by atoms with Gasteiger partial charge in [0.05, 0.1) is 0 Å². The molecule has 0 spiro atoms. The van der Waals surface area contributed by atoms with Gasteiger partial charge >= 0.3 is 63.1 Å². The summed E-state index contributed by atoms with van der Waals surface area (Å²) < 4.78 is 1.67. The molecule has 0 saturated heterocycles. The zero-order valence-electron chi connectivity index (χ0n) is 5.61. The Morgan fingerprint density at radius 2 is 2.20 bits per heavy atom. The van der Waals surface area contributed by atoms with Crippen LogP contribution in [0.3, 0.4) is 0 Å². The average Bonchev–Trinajstić information content (AvgIpc) is 1.90. The summed E-state index contributed by atoms with van der Waals surface area (Å²) in [5.41, 5.74) is 0. The van der Waals surface area contributed by atoms with Crippen molar-refractivity contribution < 1.29 is 9.90 Å². The molecule has 1 atom stereocenters. The van der Waals surface area contributed by atoms with E-state index in [9.17, 15) is 9.90 Å². The van der Waals surface area contributed by atoms with Gasteiger partial charge in [-0.05, 0) is 0 Å². The Balaban J connectivity index is 0.000000810. The van der Waals surface area contributed by atoms with E-state index in [0.717, 1.165) is 0 Å². The van der Waals surface area contributed by atoms with Gasteiger partial charge in [0.25, 0.3) is 0 Å². The number of hydrogen-bond donors (Lipinski definition) is 1. The first kappa shape index (κ1) is 9.70. The molecule has 1 unspecified atom stereocenters. The number of carboxylic acid groups (broad SMARTS) is 1. The van der Waals surface area contributed by atoms with Crippen LogP contribution < -0.4 is 11.3 Å². The molecule has 0 aromatic carbocycles. The van der Waals surface area contributed by atoms with Crippen molar-refractivity contribution in [2.45, 2.75) is 3.97 Å². The molecular weight excluding hydrogens is 246 g/mol. The van der Waals surface area contributed by atoms with Crippen molar-refractivity contribution in [1.82, 2.24) is 6.15 Å². The minimum absolute atomic E-state index is 0. The molecule has 0 saturated carbocycles. The van der Waals surface area contributed by atoms with E-state index in [1.807, 2.05) is 10.2 Å². The Morgan fingerprint density at radius 1 is 1.50 bits per heavy atom. The minimum Gasteiger partial charge on any atom is -0.369 e. The summed E-state index contributed by atoms with van der Waals surface area (Å²) in [5.74, 6) is -0.932. The topological polar surface area (TPSA) is 76.6 Å². The van der Waals surface area contributed by atoms with Crippen LogP contribution in [0.2, 0.25) is 3.97 Å². The van der Waals surface area contributed by atoms with Gasteiger partial charge < -0.3 is 6.15 Å². The van der Waals surface area contributed by atoms with E-state index in [-0.39, 0.29) is 10.1 Å². The van der Waals surface area contributed by atoms with Crippen LogP contribution in [-0.2, 0) is 4.79 Å². The average molecular weight is 255 g/mol. The first-order chi connectivity index (χ1) is 4.30. The fourth-order valence-electron chi connectivity index (χ4n) is 0.520. The Bertz CT molecular complexity index is 177. The third kappa shape index (κ3) is 2.52. The van der Waals surface area contributed by atoms with Gasteiger partial charge in [0.2, 0.25) is 0 Å². The third-order valence-corrected chi connectivity index (χ3v) is 3.66. The number of allylic oxidation sites excluding steroid dienone is 2. The monoisotopic (exact) mass is 257 g/mol. The van der Waals surface area contributed by atoms with Gasteiger partial charge in [-0.15, -0.1) is 0 Å². The van der Waals surface area contributed by atoms with Crippen LogP contribution in [-0.4, -0.2) is 26.9 Å². The smallest absolute Gasteiger partial charge is 0.369 e. The fourth-order valence-corrected chi connectivity index (χ4v) is 2.36. The summed E-state index contributed by atoms with van der Waals surface area (Å²) in [7, 11) is 0. The van der Waals surface area contributed by atoms with Gasteiger partial charge in [-0.2, -0.15) is 0 Å². The Labute approximate surface area is 69.5 Å². The van der Waals surface area contributed by atoms with Crippen molar-refractivity contribution >= 4 is 26.9 Å². The molecule has 4 N–H and O–H groups in total. The van der Waals surface area contributed by atoms with E-state index < -0.39 is 26.9 Å². The van der Waals surface area contributed by atoms with E-state index in [2.05, 4.69) is 0 Å². The van der Waals surface area contributed by atoms with Gasteiger partial charge in [-0.1, -0.05) is 0 Å². The van der Waals surface area contributed by atoms with Crippen molar-refractivity contribution in [1.29, 1.82) is 0 Å². The molecule has 1 rings (SSSR count). The van der Waals surface area contributed by atoms with Crippen molar-refractivity contribution in [3.05, 3.63) is 22.4 Å². The van der Waals surface area contributed by atoms with Crippen LogP contribution in [0.5, 0.6) is 0 Å². The number of hydrogen-bond acceptors (Lipinski definition) is 2. The first-order valence-corrected chi connectivity index (χ1v) is 5.19. The summed E-state index contributed by atoms with van der Waals surface area (Å²) >= 11 is -0.483. The van der Waals surface area contributed by atoms with Crippen LogP contribution in [0.25, 0.3) is 0 Å². The maximum absolute atomic E-state index is 10.2. The van der Waals surface area contributed by atoms with E-state index in [4.69, 9.17) is 0 Å². The van der Waals surface area contributed by atoms with Gasteiger partial charge in [0.15, 0.2) is 0 Å². The number of aliphatic carboxylic acids is 1. The van der Waals surface area contributed by atoms with Crippen LogP contribution in [0.4, 0.5) is 0 Å². The van der Waals surface area contributed by atoms with Gasteiger partial charge in [-0.3, -0.25) is 0 Å². The Hall–Kier alpha value is -0.300. The van der Waals surface area contributed by atoms with Crippen molar-refractivity contribution in [2.24, 2.45) is 0 Å². The SMILES string of the molecule is O=C([O-])C1C=CC=C[Te]1.[NH4+]. The van der Waals surface area contributed by atoms with Crippen LogP contribution in [0, 0.1) is 0 Å². The minimum atomic E-state index is -0.932. The van der Waals surface area contributed by atoms with Crippen LogP contribution in [0.15, 0.2) is 22.4 Å². The van der Waals surface area contributed by atoms with E-state index in [1.54, 1.807) is 12.2 Å². The predicted octanol–water partition coefficient (Wildman–Crippen LogP) is -0.311.